The van der Waals surface area contributed by atoms with Crippen molar-refractivity contribution in [2.45, 2.75) is 70.8 Å². The third kappa shape index (κ3) is 6.32. The van der Waals surface area contributed by atoms with Gasteiger partial charge in [-0.15, -0.1) is 0 Å². The molecule has 0 spiro atoms. The molecule has 0 saturated carbocycles. The van der Waals surface area contributed by atoms with Crippen LogP contribution in [0.4, 0.5) is 0 Å². The summed E-state index contributed by atoms with van der Waals surface area (Å²) in [5.41, 5.74) is 8.17. The molecule has 0 unspecified atom stereocenters. The van der Waals surface area contributed by atoms with Crippen molar-refractivity contribution in [1.82, 2.24) is 4.98 Å². The minimum atomic E-state index is -0.784. The molecule has 1 aliphatic rings. The molecule has 0 amide bonds. The van der Waals surface area contributed by atoms with Crippen molar-refractivity contribution in [2.75, 3.05) is 20.3 Å². The topological polar surface area (TPSA) is 68.7 Å². The number of hydrogen-bond acceptors (Lipinski definition) is 5. The van der Waals surface area contributed by atoms with E-state index in [2.05, 4.69) is 75.2 Å². The van der Waals surface area contributed by atoms with Gasteiger partial charge in [0.1, 0.15) is 0 Å². The standard InChI is InChI=1S/C34H41NO4/c1-6-34(7-2,29-9-8-27(24(3)18-29)12-13-33(37)14-16-39-17-15-33)30-10-11-31(25(4)19-30)28-20-26(22-35-23-28)21-32(36)38-5/h8-13,18-20,22-23,37H,6-7,14-17,21H2,1-5H3. The predicted octanol–water partition coefficient (Wildman–Crippen LogP) is 6.74. The Morgan fingerprint density at radius 2 is 1.69 bits per heavy atom. The Bertz CT molecular complexity index is 1330. The zero-order valence-electron chi connectivity index (χ0n) is 23.9. The second-order valence-electron chi connectivity index (χ2n) is 10.8. The number of rotatable bonds is 9. The van der Waals surface area contributed by atoms with Crippen LogP contribution < -0.4 is 0 Å². The number of methoxy groups -OCH3 is 1. The zero-order chi connectivity index (χ0) is 28.0. The van der Waals surface area contributed by atoms with Crippen LogP contribution in [-0.2, 0) is 26.1 Å². The Kier molecular flexibility index (Phi) is 9.04. The van der Waals surface area contributed by atoms with Gasteiger partial charge in [0.15, 0.2) is 0 Å². The van der Waals surface area contributed by atoms with Crippen molar-refractivity contribution in [3.8, 4) is 11.1 Å². The monoisotopic (exact) mass is 527 g/mol. The van der Waals surface area contributed by atoms with Gasteiger partial charge in [-0.05, 0) is 71.7 Å². The van der Waals surface area contributed by atoms with E-state index in [9.17, 15) is 9.90 Å². The number of carbonyl (C=O) groups excluding carboxylic acids is 1. The number of esters is 1. The van der Waals surface area contributed by atoms with E-state index in [-0.39, 0.29) is 17.8 Å². The molecule has 206 valence electrons. The molecule has 5 heteroatoms. The van der Waals surface area contributed by atoms with Crippen LogP contribution in [0.15, 0.2) is 60.9 Å². The molecule has 2 aromatic carbocycles. The molecule has 4 rings (SSSR count). The number of carbonyl (C=O) groups is 1. The van der Waals surface area contributed by atoms with Crippen molar-refractivity contribution in [1.29, 1.82) is 0 Å². The molecule has 2 heterocycles. The van der Waals surface area contributed by atoms with Crippen LogP contribution in [0.25, 0.3) is 17.2 Å². The van der Waals surface area contributed by atoms with E-state index in [0.717, 1.165) is 35.1 Å². The minimum absolute atomic E-state index is 0.111. The van der Waals surface area contributed by atoms with Crippen LogP contribution in [0.5, 0.6) is 0 Å². The highest BCUT2D eigenvalue weighted by Crippen LogP contribution is 2.41. The van der Waals surface area contributed by atoms with Gasteiger partial charge in [0.2, 0.25) is 0 Å². The highest BCUT2D eigenvalue weighted by molar-refractivity contribution is 5.74. The van der Waals surface area contributed by atoms with Crippen LogP contribution in [-0.4, -0.2) is 42.0 Å². The Balaban J connectivity index is 1.64. The van der Waals surface area contributed by atoms with Crippen LogP contribution in [0.2, 0.25) is 0 Å². The first-order valence-corrected chi connectivity index (χ1v) is 14.0. The van der Waals surface area contributed by atoms with Crippen LogP contribution in [0.1, 0.15) is 72.9 Å². The van der Waals surface area contributed by atoms with Crippen molar-refractivity contribution < 1.29 is 19.4 Å². The second kappa shape index (κ2) is 12.3. The first kappa shape index (κ1) is 28.7. The van der Waals surface area contributed by atoms with Gasteiger partial charge < -0.3 is 14.6 Å². The maximum absolute atomic E-state index is 11.8. The van der Waals surface area contributed by atoms with Crippen LogP contribution >= 0.6 is 0 Å². The van der Waals surface area contributed by atoms with Gasteiger partial charge in [0, 0.05) is 49.4 Å². The van der Waals surface area contributed by atoms with Crippen molar-refractivity contribution >= 4 is 12.0 Å². The van der Waals surface area contributed by atoms with Crippen LogP contribution in [0, 0.1) is 13.8 Å². The number of ether oxygens (including phenoxy) is 2. The average molecular weight is 528 g/mol. The molecular weight excluding hydrogens is 486 g/mol. The largest absolute Gasteiger partial charge is 0.469 e. The molecule has 39 heavy (non-hydrogen) atoms. The van der Waals surface area contributed by atoms with Crippen molar-refractivity contribution in [3.05, 3.63) is 94.3 Å². The van der Waals surface area contributed by atoms with E-state index >= 15 is 0 Å². The fraction of sp³-hybridized carbons (Fsp3) is 0.412. The summed E-state index contributed by atoms with van der Waals surface area (Å²) in [5.74, 6) is -0.270. The summed E-state index contributed by atoms with van der Waals surface area (Å²) >= 11 is 0. The quantitative estimate of drug-likeness (QED) is 0.312. The molecule has 1 aromatic heterocycles. The van der Waals surface area contributed by atoms with E-state index < -0.39 is 5.60 Å². The summed E-state index contributed by atoms with van der Waals surface area (Å²) in [5, 5.41) is 10.8. The second-order valence-corrected chi connectivity index (χ2v) is 10.8. The molecule has 1 fully saturated rings. The lowest BCUT2D eigenvalue weighted by molar-refractivity contribution is -0.139. The van der Waals surface area contributed by atoms with Gasteiger partial charge >= 0.3 is 5.97 Å². The van der Waals surface area contributed by atoms with Crippen molar-refractivity contribution in [3.63, 3.8) is 0 Å². The number of nitrogens with zero attached hydrogens (tertiary/aromatic N) is 1. The lowest BCUT2D eigenvalue weighted by atomic mass is 9.69. The summed E-state index contributed by atoms with van der Waals surface area (Å²) in [4.78, 5) is 16.1. The Hall–Kier alpha value is -3.28. The predicted molar refractivity (Wildman–Crippen MR) is 157 cm³/mol. The highest BCUT2D eigenvalue weighted by atomic mass is 16.5. The molecule has 5 nitrogen and oxygen atoms in total. The SMILES string of the molecule is CCC(CC)(c1ccc(C=CC2(O)CCOCC2)c(C)c1)c1ccc(-c2cncc(CC(=O)OC)c2)c(C)c1. The lowest BCUT2D eigenvalue weighted by Crippen LogP contribution is -2.33. The third-order valence-corrected chi connectivity index (χ3v) is 8.42. The van der Waals surface area contributed by atoms with E-state index in [4.69, 9.17) is 9.47 Å². The molecule has 3 aromatic rings. The maximum Gasteiger partial charge on any atom is 0.310 e. The number of benzene rings is 2. The zero-order valence-corrected chi connectivity index (χ0v) is 23.9. The Labute approximate surface area is 232 Å². The van der Waals surface area contributed by atoms with Gasteiger partial charge in [0.25, 0.3) is 0 Å². The summed E-state index contributed by atoms with van der Waals surface area (Å²) in [6.07, 6.45) is 11.0. The number of aliphatic hydroxyl groups is 1. The fourth-order valence-electron chi connectivity index (χ4n) is 5.79. The molecule has 1 aliphatic heterocycles. The summed E-state index contributed by atoms with van der Waals surface area (Å²) in [6.45, 7) is 10.0. The molecule has 0 radical (unpaired) electrons. The van der Waals surface area contributed by atoms with Crippen molar-refractivity contribution in [2.24, 2.45) is 0 Å². The minimum Gasteiger partial charge on any atom is -0.469 e. The summed E-state index contributed by atoms with van der Waals surface area (Å²) in [6, 6.07) is 15.5. The number of aromatic nitrogens is 1. The molecule has 1 N–H and O–H groups in total. The fourth-order valence-corrected chi connectivity index (χ4v) is 5.79. The highest BCUT2D eigenvalue weighted by Gasteiger charge is 2.31. The van der Waals surface area contributed by atoms with E-state index in [1.54, 1.807) is 6.20 Å². The van der Waals surface area contributed by atoms with Gasteiger partial charge in [-0.1, -0.05) is 62.4 Å². The Morgan fingerprint density at radius 3 is 2.31 bits per heavy atom. The summed E-state index contributed by atoms with van der Waals surface area (Å²) in [7, 11) is 1.40. The molecule has 1 saturated heterocycles. The smallest absolute Gasteiger partial charge is 0.310 e. The van der Waals surface area contributed by atoms with Gasteiger partial charge in [-0.3, -0.25) is 9.78 Å². The number of hydrogen-bond donors (Lipinski definition) is 1. The van der Waals surface area contributed by atoms with E-state index in [0.29, 0.717) is 26.1 Å². The van der Waals surface area contributed by atoms with E-state index in [1.165, 1.54) is 29.4 Å². The molecule has 0 bridgehead atoms. The summed E-state index contributed by atoms with van der Waals surface area (Å²) < 4.78 is 10.2. The Morgan fingerprint density at radius 1 is 1.03 bits per heavy atom. The first-order valence-electron chi connectivity index (χ1n) is 14.0. The van der Waals surface area contributed by atoms with Crippen LogP contribution in [0.3, 0.4) is 0 Å². The molecule has 0 aliphatic carbocycles. The first-order chi connectivity index (χ1) is 18.7. The molecule has 0 atom stereocenters. The normalized spacial score (nSPS) is 15.4. The van der Waals surface area contributed by atoms with Gasteiger partial charge in [-0.25, -0.2) is 0 Å². The molecular formula is C34H41NO4. The van der Waals surface area contributed by atoms with E-state index in [1.807, 2.05) is 18.3 Å². The lowest BCUT2D eigenvalue weighted by Gasteiger charge is -2.34. The maximum atomic E-state index is 11.8. The van der Waals surface area contributed by atoms with Gasteiger partial charge in [-0.2, -0.15) is 0 Å². The van der Waals surface area contributed by atoms with Gasteiger partial charge in [0.05, 0.1) is 19.1 Å². The number of pyridine rings is 1. The number of aryl methyl sites for hydroxylation is 2. The average Bonchev–Trinajstić information content (AvgIpc) is 2.94. The third-order valence-electron chi connectivity index (χ3n) is 8.42.